The van der Waals surface area contributed by atoms with Gasteiger partial charge in [-0.15, -0.1) is 0 Å². The maximum absolute atomic E-state index is 15.3. The van der Waals surface area contributed by atoms with Crippen LogP contribution in [-0.4, -0.2) is 52.0 Å². The van der Waals surface area contributed by atoms with Crippen molar-refractivity contribution in [1.82, 2.24) is 19.3 Å². The van der Waals surface area contributed by atoms with Crippen LogP contribution in [0.15, 0.2) is 96.2 Å². The van der Waals surface area contributed by atoms with E-state index >= 15 is 4.39 Å². The van der Waals surface area contributed by atoms with Crippen LogP contribution in [0, 0.1) is 5.82 Å². The lowest BCUT2D eigenvalue weighted by Crippen LogP contribution is -2.42. The Hall–Kier alpha value is -5.30. The van der Waals surface area contributed by atoms with Crippen LogP contribution in [0.4, 0.5) is 20.8 Å². The normalized spacial score (nSPS) is 16.6. The minimum atomic E-state index is -3.97. The molecule has 0 spiro atoms. The van der Waals surface area contributed by atoms with Crippen LogP contribution in [0.3, 0.4) is 0 Å². The molecule has 2 amide bonds. The fourth-order valence-electron chi connectivity index (χ4n) is 5.90. The summed E-state index contributed by atoms with van der Waals surface area (Å²) in [7, 11) is -3.97. The summed E-state index contributed by atoms with van der Waals surface area (Å²) in [5.74, 6) is -0.729. The number of carbonyl (C=O) groups is 2. The molecular formula is C36H37FN6O5S. The minimum absolute atomic E-state index is 0.0269. The van der Waals surface area contributed by atoms with E-state index in [-0.39, 0.29) is 34.5 Å². The number of hydrogen-bond acceptors (Lipinski definition) is 8. The molecule has 0 aliphatic heterocycles. The summed E-state index contributed by atoms with van der Waals surface area (Å²) < 4.78 is 48.9. The summed E-state index contributed by atoms with van der Waals surface area (Å²) in [5, 5.41) is 9.56. The molecule has 2 atom stereocenters. The number of rotatable bonds is 8. The Bertz CT molecular complexity index is 2100. The van der Waals surface area contributed by atoms with Crippen molar-refractivity contribution in [2.75, 3.05) is 10.6 Å². The van der Waals surface area contributed by atoms with Gasteiger partial charge in [0.2, 0.25) is 5.95 Å². The van der Waals surface area contributed by atoms with Crippen LogP contribution in [-0.2, 0) is 14.8 Å². The average Bonchev–Trinajstić information content (AvgIpc) is 3.46. The Morgan fingerprint density at radius 3 is 2.37 bits per heavy atom. The van der Waals surface area contributed by atoms with Gasteiger partial charge in [-0.25, -0.2) is 31.5 Å². The number of nitrogens with zero attached hydrogens (tertiary/aromatic N) is 3. The molecule has 5 aromatic rings. The molecule has 254 valence electrons. The number of benzene rings is 3. The van der Waals surface area contributed by atoms with Crippen LogP contribution in [0.25, 0.3) is 22.2 Å². The molecule has 11 nitrogen and oxygen atoms in total. The number of nitrogens with one attached hydrogen (secondary N) is 3. The van der Waals surface area contributed by atoms with Crippen molar-refractivity contribution in [3.8, 4) is 11.3 Å². The van der Waals surface area contributed by atoms with Gasteiger partial charge in [-0.05, 0) is 88.9 Å². The largest absolute Gasteiger partial charge is 0.444 e. The van der Waals surface area contributed by atoms with Gasteiger partial charge >= 0.3 is 6.09 Å². The molecule has 3 N–H and O–H groups in total. The molecule has 2 aromatic heterocycles. The third kappa shape index (κ3) is 7.72. The first-order chi connectivity index (χ1) is 23.4. The fraction of sp³-hybridized carbons (Fsp3) is 0.278. The number of carbonyl (C=O) groups excluding carboxylic acids is 2. The summed E-state index contributed by atoms with van der Waals surface area (Å²) in [4.78, 5) is 33.9. The molecular weight excluding hydrogens is 647 g/mol. The lowest BCUT2D eigenvalue weighted by Gasteiger charge is -2.30. The number of hydrogen-bond donors (Lipinski definition) is 3. The van der Waals surface area contributed by atoms with Crippen LogP contribution in [0.5, 0.6) is 0 Å². The number of halogens is 1. The Morgan fingerprint density at radius 2 is 1.63 bits per heavy atom. The third-order valence-electron chi connectivity index (χ3n) is 8.11. The van der Waals surface area contributed by atoms with Gasteiger partial charge in [0, 0.05) is 40.5 Å². The second-order valence-corrected chi connectivity index (χ2v) is 14.8. The lowest BCUT2D eigenvalue weighted by atomic mass is 9.91. The van der Waals surface area contributed by atoms with Gasteiger partial charge in [-0.3, -0.25) is 10.1 Å². The monoisotopic (exact) mass is 684 g/mol. The van der Waals surface area contributed by atoms with E-state index < -0.39 is 27.5 Å². The molecule has 0 radical (unpaired) electrons. The molecule has 1 fully saturated rings. The molecule has 0 bridgehead atoms. The fourth-order valence-corrected chi connectivity index (χ4v) is 7.29. The molecule has 2 heterocycles. The molecule has 13 heteroatoms. The van der Waals surface area contributed by atoms with Gasteiger partial charge in [0.05, 0.1) is 16.6 Å². The zero-order valence-electron chi connectivity index (χ0n) is 27.3. The van der Waals surface area contributed by atoms with Gasteiger partial charge in [0.15, 0.2) is 5.82 Å². The number of ether oxygens (including phenoxy) is 1. The predicted molar refractivity (Wildman–Crippen MR) is 185 cm³/mol. The summed E-state index contributed by atoms with van der Waals surface area (Å²) in [6.07, 6.45) is 4.90. The van der Waals surface area contributed by atoms with E-state index in [9.17, 15) is 18.0 Å². The maximum Gasteiger partial charge on any atom is 0.412 e. The molecule has 1 unspecified atom stereocenters. The van der Waals surface area contributed by atoms with Crippen molar-refractivity contribution in [3.63, 3.8) is 0 Å². The topological polar surface area (TPSA) is 144 Å². The smallest absolute Gasteiger partial charge is 0.412 e. The zero-order valence-corrected chi connectivity index (χ0v) is 28.1. The molecule has 6 rings (SSSR count). The predicted octanol–water partition coefficient (Wildman–Crippen LogP) is 6.97. The van der Waals surface area contributed by atoms with Gasteiger partial charge < -0.3 is 15.4 Å². The average molecular weight is 685 g/mol. The van der Waals surface area contributed by atoms with E-state index in [1.54, 1.807) is 87.5 Å². The molecule has 1 aliphatic carbocycles. The number of aromatic nitrogens is 3. The van der Waals surface area contributed by atoms with Gasteiger partial charge in [-0.1, -0.05) is 36.4 Å². The lowest BCUT2D eigenvalue weighted by molar-refractivity contribution is 0.0635. The summed E-state index contributed by atoms with van der Waals surface area (Å²) in [6.45, 7) is 5.33. The third-order valence-corrected chi connectivity index (χ3v) is 9.80. The summed E-state index contributed by atoms with van der Waals surface area (Å²) >= 11 is 0. The van der Waals surface area contributed by atoms with Gasteiger partial charge in [0.1, 0.15) is 11.3 Å². The SMILES string of the molecule is CC(C)(C)OC(=O)Nc1ccc(C(=O)NC2CCC[C@@H](Nc3ncc(F)c(-c4cn(S(=O)(=O)c5ccccc5)c5ccccc45)n3)C2)cc1. The highest BCUT2D eigenvalue weighted by atomic mass is 32.2. The van der Waals surface area contributed by atoms with E-state index in [4.69, 9.17) is 4.74 Å². The Kier molecular flexibility index (Phi) is 9.37. The highest BCUT2D eigenvalue weighted by molar-refractivity contribution is 7.90. The second-order valence-electron chi connectivity index (χ2n) is 12.9. The Labute approximate surface area is 284 Å². The highest BCUT2D eigenvalue weighted by Gasteiger charge is 2.27. The van der Waals surface area contributed by atoms with Crippen LogP contribution in [0.2, 0.25) is 0 Å². The summed E-state index contributed by atoms with van der Waals surface area (Å²) in [6, 6.07) is 21.3. The Balaban J connectivity index is 1.15. The molecule has 0 saturated heterocycles. The van der Waals surface area contributed by atoms with E-state index in [2.05, 4.69) is 25.9 Å². The maximum atomic E-state index is 15.3. The number of fused-ring (bicyclic) bond motifs is 1. The standard InChI is InChI=1S/C36H37FN6O5S/c1-36(2,3)48-35(45)41-24-18-16-23(17-19-24)33(44)39-25-10-9-11-26(20-25)40-34-38-21-30(37)32(42-34)29-22-43(31-15-8-7-14-28(29)31)49(46,47)27-12-5-4-6-13-27/h4-8,12-19,21-22,25-26H,9-11,20H2,1-3H3,(H,39,44)(H,41,45)(H,38,40,42)/t25?,26-/m1/s1. The first-order valence-corrected chi connectivity index (χ1v) is 17.4. The molecule has 3 aromatic carbocycles. The van der Waals surface area contributed by atoms with Crippen molar-refractivity contribution in [2.45, 2.75) is 69.0 Å². The molecule has 49 heavy (non-hydrogen) atoms. The number of anilines is 2. The van der Waals surface area contributed by atoms with E-state index in [0.717, 1.165) is 29.4 Å². The number of para-hydroxylation sites is 1. The van der Waals surface area contributed by atoms with Crippen LogP contribution >= 0.6 is 0 Å². The van der Waals surface area contributed by atoms with Crippen molar-refractivity contribution in [2.24, 2.45) is 0 Å². The van der Waals surface area contributed by atoms with Crippen LogP contribution < -0.4 is 16.0 Å². The van der Waals surface area contributed by atoms with Crippen molar-refractivity contribution >= 4 is 44.6 Å². The van der Waals surface area contributed by atoms with Gasteiger partial charge in [-0.2, -0.15) is 0 Å². The Morgan fingerprint density at radius 1 is 0.939 bits per heavy atom. The van der Waals surface area contributed by atoms with E-state index in [1.807, 2.05) is 0 Å². The molecule has 1 saturated carbocycles. The first kappa shape index (κ1) is 33.6. The first-order valence-electron chi connectivity index (χ1n) is 16.0. The van der Waals surface area contributed by atoms with Crippen molar-refractivity contribution in [3.05, 3.63) is 103 Å². The second kappa shape index (κ2) is 13.7. The van der Waals surface area contributed by atoms with Crippen molar-refractivity contribution < 1.29 is 27.1 Å². The summed E-state index contributed by atoms with van der Waals surface area (Å²) in [5.41, 5.74) is 1.02. The quantitative estimate of drug-likeness (QED) is 0.159. The van der Waals surface area contributed by atoms with Crippen molar-refractivity contribution in [1.29, 1.82) is 0 Å². The van der Waals surface area contributed by atoms with Gasteiger partial charge in [0.25, 0.3) is 15.9 Å². The minimum Gasteiger partial charge on any atom is -0.444 e. The molecule has 1 aliphatic rings. The highest BCUT2D eigenvalue weighted by Crippen LogP contribution is 2.34. The van der Waals surface area contributed by atoms with E-state index in [1.165, 1.54) is 18.3 Å². The van der Waals surface area contributed by atoms with E-state index in [0.29, 0.717) is 34.1 Å². The number of amides is 2. The zero-order chi connectivity index (χ0) is 34.8. The van der Waals surface area contributed by atoms with Crippen LogP contribution in [0.1, 0.15) is 56.8 Å².